The molecule has 7 nitrogen and oxygen atoms in total. The van der Waals surface area contributed by atoms with E-state index >= 15 is 0 Å². The number of amides is 2. The molecule has 3 heterocycles. The van der Waals surface area contributed by atoms with E-state index in [0.29, 0.717) is 18.8 Å². The first-order chi connectivity index (χ1) is 10.7. The SMILES string of the molecule is Cn1cncc1C(=O)NCCN1CCC(N2CCCC2)C1=O. The first-order valence-electron chi connectivity index (χ1n) is 7.94. The van der Waals surface area contributed by atoms with Gasteiger partial charge in [-0.15, -0.1) is 0 Å². The van der Waals surface area contributed by atoms with E-state index in [-0.39, 0.29) is 17.9 Å². The predicted octanol–water partition coefficient (Wildman–Crippen LogP) is -0.153. The van der Waals surface area contributed by atoms with Crippen LogP contribution in [0.15, 0.2) is 12.5 Å². The molecular weight excluding hydrogens is 282 g/mol. The van der Waals surface area contributed by atoms with Gasteiger partial charge in [-0.25, -0.2) is 4.98 Å². The highest BCUT2D eigenvalue weighted by Gasteiger charge is 2.36. The summed E-state index contributed by atoms with van der Waals surface area (Å²) in [5.74, 6) is 0.0689. The van der Waals surface area contributed by atoms with Gasteiger partial charge in [0.25, 0.3) is 5.91 Å². The van der Waals surface area contributed by atoms with Crippen LogP contribution in [0.3, 0.4) is 0 Å². The first-order valence-corrected chi connectivity index (χ1v) is 7.94. The Morgan fingerprint density at radius 2 is 2.14 bits per heavy atom. The van der Waals surface area contributed by atoms with Gasteiger partial charge in [0.1, 0.15) is 5.69 Å². The molecule has 0 aromatic carbocycles. The average molecular weight is 305 g/mol. The Labute approximate surface area is 130 Å². The third-order valence-corrected chi connectivity index (χ3v) is 4.57. The smallest absolute Gasteiger partial charge is 0.269 e. The van der Waals surface area contributed by atoms with Gasteiger partial charge in [0, 0.05) is 26.7 Å². The van der Waals surface area contributed by atoms with Crippen molar-refractivity contribution >= 4 is 11.8 Å². The fraction of sp³-hybridized carbons (Fsp3) is 0.667. The van der Waals surface area contributed by atoms with Crippen LogP contribution in [0.4, 0.5) is 0 Å². The number of nitrogens with one attached hydrogen (secondary N) is 1. The van der Waals surface area contributed by atoms with Crippen molar-refractivity contribution in [3.63, 3.8) is 0 Å². The minimum Gasteiger partial charge on any atom is -0.349 e. The van der Waals surface area contributed by atoms with E-state index in [4.69, 9.17) is 0 Å². The standard InChI is InChI=1S/C15H23N5O2/c1-18-11-16-10-13(18)14(21)17-5-9-20-8-4-12(15(20)22)19-6-2-3-7-19/h10-12H,2-9H2,1H3,(H,17,21). The highest BCUT2D eigenvalue weighted by Crippen LogP contribution is 2.21. The van der Waals surface area contributed by atoms with Crippen LogP contribution in [0.25, 0.3) is 0 Å². The lowest BCUT2D eigenvalue weighted by atomic mass is 10.2. The summed E-state index contributed by atoms with van der Waals surface area (Å²) in [6.45, 7) is 3.93. The maximum Gasteiger partial charge on any atom is 0.269 e. The van der Waals surface area contributed by atoms with Crippen molar-refractivity contribution in [2.75, 3.05) is 32.7 Å². The number of imidazole rings is 1. The zero-order valence-electron chi connectivity index (χ0n) is 13.0. The molecule has 1 unspecified atom stereocenters. The molecule has 0 bridgehead atoms. The first kappa shape index (κ1) is 15.0. The molecule has 1 atom stereocenters. The molecular formula is C15H23N5O2. The van der Waals surface area contributed by atoms with E-state index in [9.17, 15) is 9.59 Å². The summed E-state index contributed by atoms with van der Waals surface area (Å²) >= 11 is 0. The zero-order chi connectivity index (χ0) is 15.5. The molecule has 0 aliphatic carbocycles. The number of aryl methyl sites for hydroxylation is 1. The monoisotopic (exact) mass is 305 g/mol. The lowest BCUT2D eigenvalue weighted by molar-refractivity contribution is -0.131. The van der Waals surface area contributed by atoms with Crippen LogP contribution in [0.5, 0.6) is 0 Å². The van der Waals surface area contributed by atoms with Gasteiger partial charge >= 0.3 is 0 Å². The zero-order valence-corrected chi connectivity index (χ0v) is 13.0. The fourth-order valence-electron chi connectivity index (χ4n) is 3.31. The minimum atomic E-state index is -0.150. The van der Waals surface area contributed by atoms with E-state index in [0.717, 1.165) is 26.1 Å². The van der Waals surface area contributed by atoms with Crippen molar-refractivity contribution in [2.24, 2.45) is 7.05 Å². The van der Waals surface area contributed by atoms with Crippen molar-refractivity contribution in [3.8, 4) is 0 Å². The fourth-order valence-corrected chi connectivity index (χ4v) is 3.31. The van der Waals surface area contributed by atoms with Crippen LogP contribution in [0.1, 0.15) is 29.8 Å². The number of aromatic nitrogens is 2. The third-order valence-electron chi connectivity index (χ3n) is 4.57. The number of hydrogen-bond donors (Lipinski definition) is 1. The van der Waals surface area contributed by atoms with Crippen molar-refractivity contribution in [3.05, 3.63) is 18.2 Å². The Morgan fingerprint density at radius 3 is 2.82 bits per heavy atom. The van der Waals surface area contributed by atoms with Gasteiger partial charge in [-0.1, -0.05) is 0 Å². The summed E-state index contributed by atoms with van der Waals surface area (Å²) < 4.78 is 1.68. The summed E-state index contributed by atoms with van der Waals surface area (Å²) in [6, 6.07) is 0.0651. The molecule has 2 fully saturated rings. The molecule has 1 aromatic rings. The topological polar surface area (TPSA) is 70.5 Å². The summed E-state index contributed by atoms with van der Waals surface area (Å²) in [7, 11) is 1.78. The van der Waals surface area contributed by atoms with Gasteiger partial charge in [0.05, 0.1) is 18.6 Å². The predicted molar refractivity (Wildman–Crippen MR) is 81.3 cm³/mol. The Kier molecular flexibility index (Phi) is 4.42. The normalized spacial score (nSPS) is 22.5. The minimum absolute atomic E-state index is 0.0651. The number of carbonyl (C=O) groups excluding carboxylic acids is 2. The van der Waals surface area contributed by atoms with Crippen LogP contribution >= 0.6 is 0 Å². The van der Waals surface area contributed by atoms with Gasteiger partial charge in [-0.2, -0.15) is 0 Å². The number of nitrogens with zero attached hydrogens (tertiary/aromatic N) is 4. The molecule has 2 amide bonds. The van der Waals surface area contributed by atoms with Crippen molar-refractivity contribution < 1.29 is 9.59 Å². The van der Waals surface area contributed by atoms with Gasteiger partial charge in [-0.3, -0.25) is 14.5 Å². The Morgan fingerprint density at radius 1 is 1.36 bits per heavy atom. The number of carbonyl (C=O) groups is 2. The lowest BCUT2D eigenvalue weighted by Crippen LogP contribution is -2.42. The Balaban J connectivity index is 1.45. The van der Waals surface area contributed by atoms with E-state index in [1.807, 2.05) is 4.90 Å². The van der Waals surface area contributed by atoms with Crippen molar-refractivity contribution in [1.29, 1.82) is 0 Å². The molecule has 0 spiro atoms. The van der Waals surface area contributed by atoms with Crippen LogP contribution in [0.2, 0.25) is 0 Å². The van der Waals surface area contributed by atoms with Gasteiger partial charge in [0.15, 0.2) is 0 Å². The molecule has 120 valence electrons. The van der Waals surface area contributed by atoms with Crippen LogP contribution in [-0.2, 0) is 11.8 Å². The quantitative estimate of drug-likeness (QED) is 0.821. The van der Waals surface area contributed by atoms with Crippen LogP contribution in [-0.4, -0.2) is 69.9 Å². The molecule has 2 aliphatic heterocycles. The summed E-state index contributed by atoms with van der Waals surface area (Å²) in [5.41, 5.74) is 0.530. The van der Waals surface area contributed by atoms with E-state index in [1.54, 1.807) is 24.1 Å². The highest BCUT2D eigenvalue weighted by molar-refractivity contribution is 5.92. The maximum absolute atomic E-state index is 12.4. The Hall–Kier alpha value is -1.89. The molecule has 0 radical (unpaired) electrons. The van der Waals surface area contributed by atoms with Crippen molar-refractivity contribution in [2.45, 2.75) is 25.3 Å². The number of hydrogen-bond acceptors (Lipinski definition) is 4. The molecule has 1 N–H and O–H groups in total. The van der Waals surface area contributed by atoms with E-state index < -0.39 is 0 Å². The summed E-state index contributed by atoms with van der Waals surface area (Å²) in [5, 5.41) is 2.85. The second kappa shape index (κ2) is 6.48. The lowest BCUT2D eigenvalue weighted by Gasteiger charge is -2.22. The number of likely N-dealkylation sites (tertiary alicyclic amines) is 2. The van der Waals surface area contributed by atoms with E-state index in [1.165, 1.54) is 12.8 Å². The summed E-state index contributed by atoms with van der Waals surface area (Å²) in [4.78, 5) is 32.5. The number of rotatable bonds is 5. The molecule has 22 heavy (non-hydrogen) atoms. The molecule has 2 aliphatic rings. The maximum atomic E-state index is 12.4. The van der Waals surface area contributed by atoms with Crippen LogP contribution < -0.4 is 5.32 Å². The van der Waals surface area contributed by atoms with E-state index in [2.05, 4.69) is 15.2 Å². The molecule has 1 aromatic heterocycles. The van der Waals surface area contributed by atoms with Gasteiger partial charge in [0.2, 0.25) is 5.91 Å². The largest absolute Gasteiger partial charge is 0.349 e. The Bertz CT molecular complexity index is 550. The van der Waals surface area contributed by atoms with Crippen LogP contribution in [0, 0.1) is 0 Å². The molecule has 3 rings (SSSR count). The second-order valence-electron chi connectivity index (χ2n) is 6.02. The highest BCUT2D eigenvalue weighted by atomic mass is 16.2. The third kappa shape index (κ3) is 2.99. The average Bonchev–Trinajstić information content (AvgIpc) is 3.21. The second-order valence-corrected chi connectivity index (χ2v) is 6.02. The molecule has 2 saturated heterocycles. The van der Waals surface area contributed by atoms with Gasteiger partial charge in [-0.05, 0) is 32.4 Å². The molecule has 7 heteroatoms. The molecule has 0 saturated carbocycles. The van der Waals surface area contributed by atoms with Crippen molar-refractivity contribution in [1.82, 2.24) is 24.7 Å². The van der Waals surface area contributed by atoms with Gasteiger partial charge < -0.3 is 14.8 Å². The summed E-state index contributed by atoms with van der Waals surface area (Å²) in [6.07, 6.45) is 6.45.